The molecule has 6 heteroatoms. The SMILES string of the molecule is CCC(=O)[C@H]1CCN(Cc2cnc(N3C4CCC3CN(C(C)C)C4)nc2)C1. The summed E-state index contributed by atoms with van der Waals surface area (Å²) in [5, 5.41) is 0. The van der Waals surface area contributed by atoms with Crippen LogP contribution in [0.2, 0.25) is 0 Å². The lowest BCUT2D eigenvalue weighted by Gasteiger charge is -2.42. The Morgan fingerprint density at radius 2 is 1.78 bits per heavy atom. The van der Waals surface area contributed by atoms with E-state index >= 15 is 0 Å². The number of aromatic nitrogens is 2. The van der Waals surface area contributed by atoms with Gasteiger partial charge in [-0.25, -0.2) is 9.97 Å². The zero-order chi connectivity index (χ0) is 19.0. The number of ketones is 1. The van der Waals surface area contributed by atoms with Crippen LogP contribution in [0, 0.1) is 5.92 Å². The second-order valence-electron chi connectivity index (χ2n) is 8.77. The number of rotatable bonds is 6. The molecule has 0 aliphatic carbocycles. The molecule has 3 saturated heterocycles. The Morgan fingerprint density at radius 3 is 2.37 bits per heavy atom. The van der Waals surface area contributed by atoms with Gasteiger partial charge in [-0.05, 0) is 39.7 Å². The summed E-state index contributed by atoms with van der Waals surface area (Å²) in [5.74, 6) is 1.53. The first-order valence-electron chi connectivity index (χ1n) is 10.6. The van der Waals surface area contributed by atoms with Gasteiger partial charge in [0.15, 0.2) is 0 Å². The van der Waals surface area contributed by atoms with E-state index in [0.29, 0.717) is 30.3 Å². The molecule has 0 aromatic carbocycles. The molecule has 0 N–H and O–H groups in total. The molecule has 0 radical (unpaired) electrons. The van der Waals surface area contributed by atoms with Crippen molar-refractivity contribution in [2.75, 3.05) is 31.1 Å². The third-order valence-electron chi connectivity index (χ3n) is 6.65. The number of anilines is 1. The number of nitrogens with zero attached hydrogens (tertiary/aromatic N) is 5. The summed E-state index contributed by atoms with van der Waals surface area (Å²) in [7, 11) is 0. The standard InChI is InChI=1S/C21H33N5O/c1-4-20(27)17-7-8-24(12-17)11-16-9-22-21(23-10-16)26-18-5-6-19(26)14-25(13-18)15(2)3/h9-10,15,17-19H,4-8,11-14H2,1-3H3/t17-,18?,19?/m0/s1. The molecule has 3 aliphatic rings. The number of fused-ring (bicyclic) bond motifs is 2. The van der Waals surface area contributed by atoms with Crippen molar-refractivity contribution >= 4 is 11.7 Å². The van der Waals surface area contributed by atoms with Crippen LogP contribution in [0.25, 0.3) is 0 Å². The number of carbonyl (C=O) groups excluding carboxylic acids is 1. The minimum Gasteiger partial charge on any atom is -0.332 e. The minimum atomic E-state index is 0.225. The summed E-state index contributed by atoms with van der Waals surface area (Å²) in [6.45, 7) is 11.5. The smallest absolute Gasteiger partial charge is 0.225 e. The van der Waals surface area contributed by atoms with E-state index < -0.39 is 0 Å². The van der Waals surface area contributed by atoms with Crippen LogP contribution in [0.15, 0.2) is 12.4 Å². The van der Waals surface area contributed by atoms with E-state index in [1.54, 1.807) is 0 Å². The molecule has 3 aliphatic heterocycles. The van der Waals surface area contributed by atoms with Gasteiger partial charge in [-0.3, -0.25) is 14.6 Å². The maximum Gasteiger partial charge on any atom is 0.225 e. The highest BCUT2D eigenvalue weighted by Gasteiger charge is 2.41. The van der Waals surface area contributed by atoms with Gasteiger partial charge in [0.05, 0.1) is 0 Å². The normalized spacial score (nSPS) is 29.0. The minimum absolute atomic E-state index is 0.225. The van der Waals surface area contributed by atoms with Gasteiger partial charge in [-0.2, -0.15) is 0 Å². The van der Waals surface area contributed by atoms with E-state index in [2.05, 4.69) is 28.5 Å². The van der Waals surface area contributed by atoms with Gasteiger partial charge < -0.3 is 4.90 Å². The van der Waals surface area contributed by atoms with Gasteiger partial charge in [0.1, 0.15) is 5.78 Å². The van der Waals surface area contributed by atoms with Gasteiger partial charge in [-0.1, -0.05) is 6.92 Å². The largest absolute Gasteiger partial charge is 0.332 e. The molecule has 148 valence electrons. The molecule has 2 bridgehead atoms. The first kappa shape index (κ1) is 18.8. The van der Waals surface area contributed by atoms with Crippen molar-refractivity contribution in [3.63, 3.8) is 0 Å². The second-order valence-corrected chi connectivity index (χ2v) is 8.77. The number of carbonyl (C=O) groups is 1. The molecule has 4 rings (SSSR count). The summed E-state index contributed by atoms with van der Waals surface area (Å²) >= 11 is 0. The van der Waals surface area contributed by atoms with Crippen molar-refractivity contribution < 1.29 is 4.79 Å². The van der Waals surface area contributed by atoms with Crippen LogP contribution in [0.5, 0.6) is 0 Å². The maximum absolute atomic E-state index is 11.9. The number of piperazine rings is 1. The molecule has 0 amide bonds. The van der Waals surface area contributed by atoms with E-state index in [0.717, 1.165) is 50.7 Å². The van der Waals surface area contributed by atoms with E-state index in [4.69, 9.17) is 9.97 Å². The number of likely N-dealkylation sites (tertiary alicyclic amines) is 2. The van der Waals surface area contributed by atoms with E-state index in [9.17, 15) is 4.79 Å². The summed E-state index contributed by atoms with van der Waals surface area (Å²) in [4.78, 5) is 28.8. The zero-order valence-corrected chi connectivity index (χ0v) is 17.0. The van der Waals surface area contributed by atoms with Crippen LogP contribution >= 0.6 is 0 Å². The van der Waals surface area contributed by atoms with Crippen molar-refractivity contribution in [3.05, 3.63) is 18.0 Å². The molecule has 1 aromatic heterocycles. The van der Waals surface area contributed by atoms with Crippen molar-refractivity contribution in [2.45, 2.75) is 71.1 Å². The van der Waals surface area contributed by atoms with Gasteiger partial charge in [0.25, 0.3) is 0 Å². The summed E-state index contributed by atoms with van der Waals surface area (Å²) in [5.41, 5.74) is 1.15. The third-order valence-corrected chi connectivity index (χ3v) is 6.65. The van der Waals surface area contributed by atoms with Crippen LogP contribution in [0.3, 0.4) is 0 Å². The lowest BCUT2D eigenvalue weighted by molar-refractivity contribution is -0.122. The van der Waals surface area contributed by atoms with Crippen LogP contribution in [-0.2, 0) is 11.3 Å². The quantitative estimate of drug-likeness (QED) is 0.765. The second kappa shape index (κ2) is 7.84. The van der Waals surface area contributed by atoms with Crippen LogP contribution in [0.4, 0.5) is 5.95 Å². The van der Waals surface area contributed by atoms with Gasteiger partial charge in [0, 0.05) is 74.6 Å². The van der Waals surface area contributed by atoms with Gasteiger partial charge in [0.2, 0.25) is 5.95 Å². The summed E-state index contributed by atoms with van der Waals surface area (Å²) in [6, 6.07) is 1.72. The van der Waals surface area contributed by atoms with E-state index in [-0.39, 0.29) is 5.92 Å². The fourth-order valence-electron chi connectivity index (χ4n) is 5.03. The molecular weight excluding hydrogens is 338 g/mol. The molecule has 0 spiro atoms. The van der Waals surface area contributed by atoms with Crippen LogP contribution < -0.4 is 4.90 Å². The fourth-order valence-corrected chi connectivity index (χ4v) is 5.03. The Balaban J connectivity index is 1.37. The molecule has 2 unspecified atom stereocenters. The van der Waals surface area contributed by atoms with E-state index in [1.165, 1.54) is 12.8 Å². The van der Waals surface area contributed by atoms with E-state index in [1.807, 2.05) is 19.3 Å². The molecule has 3 atom stereocenters. The highest BCUT2D eigenvalue weighted by atomic mass is 16.1. The van der Waals surface area contributed by atoms with Crippen LogP contribution in [0.1, 0.15) is 52.0 Å². The predicted octanol–water partition coefficient (Wildman–Crippen LogP) is 2.34. The molecule has 0 saturated carbocycles. The van der Waals surface area contributed by atoms with Crippen LogP contribution in [-0.4, -0.2) is 69.9 Å². The topological polar surface area (TPSA) is 52.6 Å². The Labute approximate surface area is 162 Å². The van der Waals surface area contributed by atoms with Crippen molar-refractivity contribution in [1.82, 2.24) is 19.8 Å². The zero-order valence-electron chi connectivity index (χ0n) is 17.0. The lowest BCUT2D eigenvalue weighted by Crippen LogP contribution is -2.56. The fraction of sp³-hybridized carbons (Fsp3) is 0.762. The first-order valence-corrected chi connectivity index (χ1v) is 10.6. The maximum atomic E-state index is 11.9. The Hall–Kier alpha value is -1.53. The molecule has 1 aromatic rings. The van der Waals surface area contributed by atoms with Gasteiger partial charge in [-0.15, -0.1) is 0 Å². The Morgan fingerprint density at radius 1 is 1.11 bits per heavy atom. The van der Waals surface area contributed by atoms with Crippen molar-refractivity contribution in [3.8, 4) is 0 Å². The highest BCUT2D eigenvalue weighted by molar-refractivity contribution is 5.81. The summed E-state index contributed by atoms with van der Waals surface area (Å²) in [6.07, 6.45) is 8.13. The highest BCUT2D eigenvalue weighted by Crippen LogP contribution is 2.33. The average molecular weight is 372 g/mol. The molecule has 6 nitrogen and oxygen atoms in total. The van der Waals surface area contributed by atoms with Gasteiger partial charge >= 0.3 is 0 Å². The van der Waals surface area contributed by atoms with Crippen molar-refractivity contribution in [2.24, 2.45) is 5.92 Å². The Kier molecular flexibility index (Phi) is 5.46. The lowest BCUT2D eigenvalue weighted by atomic mass is 10.0. The monoisotopic (exact) mass is 371 g/mol. The summed E-state index contributed by atoms with van der Waals surface area (Å²) < 4.78 is 0. The number of hydrogen-bond donors (Lipinski definition) is 0. The molecule has 4 heterocycles. The number of Topliss-reactive ketones (excluding diaryl/α,β-unsaturated/α-hetero) is 1. The predicted molar refractivity (Wildman–Crippen MR) is 107 cm³/mol. The third kappa shape index (κ3) is 3.87. The molecule has 27 heavy (non-hydrogen) atoms. The molecular formula is C21H33N5O. The number of hydrogen-bond acceptors (Lipinski definition) is 6. The average Bonchev–Trinajstić information content (AvgIpc) is 3.23. The Bertz CT molecular complexity index is 647. The first-order chi connectivity index (χ1) is 13.0. The van der Waals surface area contributed by atoms with Crippen molar-refractivity contribution in [1.29, 1.82) is 0 Å². The molecule has 3 fully saturated rings.